The first kappa shape index (κ1) is 12.8. The van der Waals surface area contributed by atoms with Crippen LogP contribution in [0.2, 0.25) is 0 Å². The number of halogens is 1. The molecule has 1 heterocycles. The standard InChI is InChI=1S/C13H17FN2O2/c1-9-7-15-10(6-13(17)18)8-16(9)12-5-3-2-4-11(12)14/h2-5,9-10,15H,6-8H2,1H3,(H,17,18). The zero-order chi connectivity index (χ0) is 13.1. The van der Waals surface area contributed by atoms with Gasteiger partial charge in [-0.15, -0.1) is 0 Å². The van der Waals surface area contributed by atoms with Crippen molar-refractivity contribution in [2.75, 3.05) is 18.0 Å². The number of piperazine rings is 1. The number of hydrogen-bond donors (Lipinski definition) is 2. The Balaban J connectivity index is 2.15. The summed E-state index contributed by atoms with van der Waals surface area (Å²) in [4.78, 5) is 12.7. The first-order valence-corrected chi connectivity index (χ1v) is 6.04. The van der Waals surface area contributed by atoms with E-state index in [1.54, 1.807) is 18.2 Å². The maximum atomic E-state index is 13.8. The molecule has 2 rings (SSSR count). The van der Waals surface area contributed by atoms with E-state index in [-0.39, 0.29) is 24.3 Å². The van der Waals surface area contributed by atoms with Gasteiger partial charge in [0.05, 0.1) is 12.1 Å². The molecule has 1 aromatic carbocycles. The Bertz CT molecular complexity index is 439. The summed E-state index contributed by atoms with van der Waals surface area (Å²) in [7, 11) is 0. The van der Waals surface area contributed by atoms with Crippen LogP contribution < -0.4 is 10.2 Å². The van der Waals surface area contributed by atoms with E-state index in [1.807, 2.05) is 11.8 Å². The normalized spacial score (nSPS) is 24.0. The lowest BCUT2D eigenvalue weighted by Crippen LogP contribution is -2.56. The molecular formula is C13H17FN2O2. The lowest BCUT2D eigenvalue weighted by atomic mass is 10.1. The molecule has 0 saturated carbocycles. The maximum Gasteiger partial charge on any atom is 0.304 e. The molecule has 0 radical (unpaired) electrons. The van der Waals surface area contributed by atoms with Crippen molar-refractivity contribution in [3.8, 4) is 0 Å². The summed E-state index contributed by atoms with van der Waals surface area (Å²) >= 11 is 0. The highest BCUT2D eigenvalue weighted by Gasteiger charge is 2.27. The number of carboxylic acid groups (broad SMARTS) is 1. The molecule has 0 bridgehead atoms. The van der Waals surface area contributed by atoms with Crippen LogP contribution in [-0.2, 0) is 4.79 Å². The highest BCUT2D eigenvalue weighted by molar-refractivity contribution is 5.67. The zero-order valence-corrected chi connectivity index (χ0v) is 10.3. The number of rotatable bonds is 3. The van der Waals surface area contributed by atoms with Crippen LogP contribution in [0.4, 0.5) is 10.1 Å². The first-order valence-electron chi connectivity index (χ1n) is 6.04. The van der Waals surface area contributed by atoms with Gasteiger partial charge in [0.2, 0.25) is 0 Å². The molecule has 98 valence electrons. The van der Waals surface area contributed by atoms with E-state index >= 15 is 0 Å². The molecule has 0 spiro atoms. The van der Waals surface area contributed by atoms with Gasteiger partial charge in [-0.1, -0.05) is 12.1 Å². The largest absolute Gasteiger partial charge is 0.481 e. The molecule has 0 amide bonds. The molecule has 0 aromatic heterocycles. The Morgan fingerprint density at radius 2 is 2.28 bits per heavy atom. The van der Waals surface area contributed by atoms with Gasteiger partial charge in [-0.2, -0.15) is 0 Å². The molecule has 1 aliphatic heterocycles. The summed E-state index contributed by atoms with van der Waals surface area (Å²) in [5.41, 5.74) is 0.543. The van der Waals surface area contributed by atoms with Gasteiger partial charge in [0.1, 0.15) is 5.82 Å². The number of hydrogen-bond acceptors (Lipinski definition) is 3. The summed E-state index contributed by atoms with van der Waals surface area (Å²) in [5, 5.41) is 12.0. The van der Waals surface area contributed by atoms with Crippen molar-refractivity contribution in [3.05, 3.63) is 30.1 Å². The molecule has 1 fully saturated rings. The fraction of sp³-hybridized carbons (Fsp3) is 0.462. The molecule has 2 unspecified atom stereocenters. The number of nitrogens with one attached hydrogen (secondary N) is 1. The number of carboxylic acids is 1. The quantitative estimate of drug-likeness (QED) is 0.855. The number of anilines is 1. The van der Waals surface area contributed by atoms with Crippen LogP contribution in [0.25, 0.3) is 0 Å². The van der Waals surface area contributed by atoms with E-state index < -0.39 is 5.97 Å². The van der Waals surface area contributed by atoms with E-state index in [4.69, 9.17) is 5.11 Å². The molecule has 5 heteroatoms. The Labute approximate surface area is 105 Å². The Kier molecular flexibility index (Phi) is 3.81. The summed E-state index contributed by atoms with van der Waals surface area (Å²) in [5.74, 6) is -1.10. The fourth-order valence-corrected chi connectivity index (χ4v) is 2.30. The van der Waals surface area contributed by atoms with Gasteiger partial charge in [0, 0.05) is 25.2 Å². The third kappa shape index (κ3) is 2.79. The number of para-hydroxylation sites is 1. The van der Waals surface area contributed by atoms with Gasteiger partial charge >= 0.3 is 5.97 Å². The topological polar surface area (TPSA) is 52.6 Å². The predicted octanol–water partition coefficient (Wildman–Crippen LogP) is 1.47. The van der Waals surface area contributed by atoms with E-state index in [1.165, 1.54) is 6.07 Å². The predicted molar refractivity (Wildman–Crippen MR) is 67.3 cm³/mol. The van der Waals surface area contributed by atoms with Crippen LogP contribution in [0, 0.1) is 5.82 Å². The average Bonchev–Trinajstić information content (AvgIpc) is 2.32. The number of carbonyl (C=O) groups is 1. The molecular weight excluding hydrogens is 235 g/mol. The summed E-state index contributed by atoms with van der Waals surface area (Å²) < 4.78 is 13.8. The molecule has 2 atom stereocenters. The number of benzene rings is 1. The lowest BCUT2D eigenvalue weighted by Gasteiger charge is -2.40. The fourth-order valence-electron chi connectivity index (χ4n) is 2.30. The van der Waals surface area contributed by atoms with Crippen LogP contribution in [0.15, 0.2) is 24.3 Å². The van der Waals surface area contributed by atoms with E-state index in [0.29, 0.717) is 18.8 Å². The molecule has 18 heavy (non-hydrogen) atoms. The van der Waals surface area contributed by atoms with Crippen molar-refractivity contribution in [1.82, 2.24) is 5.32 Å². The SMILES string of the molecule is CC1CNC(CC(=O)O)CN1c1ccccc1F. The molecule has 0 aliphatic carbocycles. The van der Waals surface area contributed by atoms with Crippen LogP contribution in [-0.4, -0.2) is 36.2 Å². The Morgan fingerprint density at radius 3 is 2.94 bits per heavy atom. The van der Waals surface area contributed by atoms with Crippen molar-refractivity contribution in [2.24, 2.45) is 0 Å². The second-order valence-electron chi connectivity index (χ2n) is 4.66. The van der Waals surface area contributed by atoms with Crippen molar-refractivity contribution in [1.29, 1.82) is 0 Å². The van der Waals surface area contributed by atoms with Crippen molar-refractivity contribution in [3.63, 3.8) is 0 Å². The van der Waals surface area contributed by atoms with Crippen LogP contribution in [0.5, 0.6) is 0 Å². The highest BCUT2D eigenvalue weighted by atomic mass is 19.1. The third-order valence-electron chi connectivity index (χ3n) is 3.23. The van der Waals surface area contributed by atoms with Gasteiger partial charge in [0.25, 0.3) is 0 Å². The monoisotopic (exact) mass is 252 g/mol. The minimum atomic E-state index is -0.837. The number of aliphatic carboxylic acids is 1. The van der Waals surface area contributed by atoms with Gasteiger partial charge in [-0.25, -0.2) is 4.39 Å². The van der Waals surface area contributed by atoms with Crippen LogP contribution >= 0.6 is 0 Å². The summed E-state index contributed by atoms with van der Waals surface area (Å²) in [6.45, 7) is 3.16. The third-order valence-corrected chi connectivity index (χ3v) is 3.23. The van der Waals surface area contributed by atoms with E-state index in [0.717, 1.165) is 0 Å². The number of nitrogens with zero attached hydrogens (tertiary/aromatic N) is 1. The van der Waals surface area contributed by atoms with E-state index in [9.17, 15) is 9.18 Å². The Hall–Kier alpha value is -1.62. The molecule has 1 aromatic rings. The maximum absolute atomic E-state index is 13.8. The lowest BCUT2D eigenvalue weighted by molar-refractivity contribution is -0.137. The van der Waals surface area contributed by atoms with Gasteiger partial charge in [-0.05, 0) is 19.1 Å². The molecule has 1 saturated heterocycles. The van der Waals surface area contributed by atoms with Gasteiger partial charge in [0.15, 0.2) is 0 Å². The second kappa shape index (κ2) is 5.35. The average molecular weight is 252 g/mol. The van der Waals surface area contributed by atoms with Crippen molar-refractivity contribution < 1.29 is 14.3 Å². The minimum absolute atomic E-state index is 0.0532. The molecule has 4 nitrogen and oxygen atoms in total. The zero-order valence-electron chi connectivity index (χ0n) is 10.3. The Morgan fingerprint density at radius 1 is 1.56 bits per heavy atom. The van der Waals surface area contributed by atoms with Crippen LogP contribution in [0.3, 0.4) is 0 Å². The first-order chi connectivity index (χ1) is 8.58. The smallest absolute Gasteiger partial charge is 0.304 e. The molecule has 1 aliphatic rings. The summed E-state index contributed by atoms with van der Waals surface area (Å²) in [6.07, 6.45) is 0.0532. The van der Waals surface area contributed by atoms with Gasteiger partial charge < -0.3 is 15.3 Å². The highest BCUT2D eigenvalue weighted by Crippen LogP contribution is 2.23. The van der Waals surface area contributed by atoms with Crippen molar-refractivity contribution in [2.45, 2.75) is 25.4 Å². The summed E-state index contributed by atoms with van der Waals surface area (Å²) in [6, 6.07) is 6.61. The second-order valence-corrected chi connectivity index (χ2v) is 4.66. The minimum Gasteiger partial charge on any atom is -0.481 e. The van der Waals surface area contributed by atoms with Crippen molar-refractivity contribution >= 4 is 11.7 Å². The van der Waals surface area contributed by atoms with Crippen LogP contribution in [0.1, 0.15) is 13.3 Å². The van der Waals surface area contributed by atoms with E-state index in [2.05, 4.69) is 5.32 Å². The molecule has 2 N–H and O–H groups in total. The van der Waals surface area contributed by atoms with Gasteiger partial charge in [-0.3, -0.25) is 4.79 Å².